The minimum absolute atomic E-state index is 0.0172. The average molecular weight is 381 g/mol. The molecule has 4 nitrogen and oxygen atoms in total. The second-order valence-corrected chi connectivity index (χ2v) is 8.14. The van der Waals surface area contributed by atoms with Crippen LogP contribution in [0.5, 0.6) is 5.75 Å². The lowest BCUT2D eigenvalue weighted by Crippen LogP contribution is -2.26. The van der Waals surface area contributed by atoms with Crippen molar-refractivity contribution in [3.05, 3.63) is 86.0 Å². The highest BCUT2D eigenvalue weighted by Gasteiger charge is 2.13. The molecule has 140 valence electrons. The molecule has 0 spiro atoms. The van der Waals surface area contributed by atoms with E-state index < -0.39 is 0 Å². The van der Waals surface area contributed by atoms with Crippen LogP contribution in [0.2, 0.25) is 0 Å². The molecule has 4 rings (SSSR count). The van der Waals surface area contributed by atoms with E-state index >= 15 is 0 Å². The van der Waals surface area contributed by atoms with Gasteiger partial charge in [0.2, 0.25) is 0 Å². The van der Waals surface area contributed by atoms with Crippen molar-refractivity contribution in [1.29, 1.82) is 0 Å². The number of thiophene rings is 1. The van der Waals surface area contributed by atoms with Gasteiger partial charge in [0.1, 0.15) is 12.4 Å². The van der Waals surface area contributed by atoms with Crippen molar-refractivity contribution in [3.63, 3.8) is 0 Å². The summed E-state index contributed by atoms with van der Waals surface area (Å²) in [7, 11) is 2.16. The van der Waals surface area contributed by atoms with Gasteiger partial charge >= 0.3 is 0 Å². The van der Waals surface area contributed by atoms with Crippen LogP contribution in [0.3, 0.4) is 0 Å². The summed E-state index contributed by atoms with van der Waals surface area (Å²) in [5, 5.41) is 2.02. The zero-order chi connectivity index (χ0) is 18.6. The van der Waals surface area contributed by atoms with Gasteiger partial charge in [-0.2, -0.15) is 0 Å². The lowest BCUT2D eigenvalue weighted by Gasteiger charge is -2.25. The minimum Gasteiger partial charge on any atom is -0.488 e. The third-order valence-corrected chi connectivity index (χ3v) is 5.89. The van der Waals surface area contributed by atoms with Crippen molar-refractivity contribution in [2.75, 3.05) is 13.6 Å². The molecule has 0 amide bonds. The van der Waals surface area contributed by atoms with Crippen molar-refractivity contribution in [1.82, 2.24) is 9.47 Å². The molecule has 0 unspecified atom stereocenters. The summed E-state index contributed by atoms with van der Waals surface area (Å²) in [6, 6.07) is 14.2. The number of nitrogens with zero attached hydrogens (tertiary/aromatic N) is 2. The first kappa shape index (κ1) is 18.0. The lowest BCUT2D eigenvalue weighted by atomic mass is 9.97. The molecule has 1 aliphatic rings. The fraction of sp³-hybridized carbons (Fsp3) is 0.318. The van der Waals surface area contributed by atoms with Crippen LogP contribution in [-0.2, 0) is 32.5 Å². The lowest BCUT2D eigenvalue weighted by molar-refractivity contribution is 0.308. The fourth-order valence-corrected chi connectivity index (χ4v) is 4.09. The van der Waals surface area contributed by atoms with Crippen LogP contribution in [0, 0.1) is 0 Å². The Labute approximate surface area is 163 Å². The van der Waals surface area contributed by atoms with Crippen LogP contribution < -0.4 is 10.3 Å². The van der Waals surface area contributed by atoms with Gasteiger partial charge in [-0.1, -0.05) is 24.3 Å². The SMILES string of the molecule is CN1CCc2ccc(CCn3ccc(OCc4cccs4)cc3=O)cc2C1. The van der Waals surface area contributed by atoms with Gasteiger partial charge in [-0.25, -0.2) is 0 Å². The van der Waals surface area contributed by atoms with E-state index in [2.05, 4.69) is 30.1 Å². The van der Waals surface area contributed by atoms with Gasteiger partial charge in [-0.05, 0) is 54.1 Å². The minimum atomic E-state index is -0.0172. The summed E-state index contributed by atoms with van der Waals surface area (Å²) < 4.78 is 7.47. The quantitative estimate of drug-likeness (QED) is 0.654. The predicted molar refractivity (Wildman–Crippen MR) is 110 cm³/mol. The van der Waals surface area contributed by atoms with Gasteiger partial charge in [0.15, 0.2) is 0 Å². The molecule has 0 saturated carbocycles. The molecule has 3 heterocycles. The molecule has 27 heavy (non-hydrogen) atoms. The first-order chi connectivity index (χ1) is 13.2. The Kier molecular flexibility index (Phi) is 5.41. The number of fused-ring (bicyclic) bond motifs is 1. The summed E-state index contributed by atoms with van der Waals surface area (Å²) in [6.07, 6.45) is 3.81. The third kappa shape index (κ3) is 4.49. The first-order valence-electron chi connectivity index (χ1n) is 9.32. The second kappa shape index (κ2) is 8.11. The maximum atomic E-state index is 12.4. The topological polar surface area (TPSA) is 34.5 Å². The summed E-state index contributed by atoms with van der Waals surface area (Å²) in [5.74, 6) is 0.626. The molecule has 0 bridgehead atoms. The average Bonchev–Trinajstić information content (AvgIpc) is 3.19. The maximum Gasteiger partial charge on any atom is 0.254 e. The number of ether oxygens (including phenoxy) is 1. The Bertz CT molecular complexity index is 963. The number of benzene rings is 1. The summed E-state index contributed by atoms with van der Waals surface area (Å²) in [4.78, 5) is 15.9. The number of hydrogen-bond acceptors (Lipinski definition) is 4. The summed E-state index contributed by atoms with van der Waals surface area (Å²) in [6.45, 7) is 3.32. The van der Waals surface area contributed by atoms with Crippen LogP contribution in [0.4, 0.5) is 0 Å². The van der Waals surface area contributed by atoms with Crippen molar-refractivity contribution in [3.8, 4) is 5.75 Å². The van der Waals surface area contributed by atoms with Crippen LogP contribution in [0.1, 0.15) is 21.6 Å². The highest BCUT2D eigenvalue weighted by Crippen LogP contribution is 2.20. The Morgan fingerprint density at radius 2 is 2.07 bits per heavy atom. The van der Waals surface area contributed by atoms with Gasteiger partial charge in [0.05, 0.1) is 0 Å². The third-order valence-electron chi connectivity index (χ3n) is 5.04. The maximum absolute atomic E-state index is 12.4. The smallest absolute Gasteiger partial charge is 0.254 e. The van der Waals surface area contributed by atoms with E-state index in [1.54, 1.807) is 22.0 Å². The van der Waals surface area contributed by atoms with E-state index in [4.69, 9.17) is 4.74 Å². The molecule has 1 aliphatic heterocycles. The van der Waals surface area contributed by atoms with Crippen LogP contribution in [0.15, 0.2) is 58.8 Å². The number of aromatic nitrogens is 1. The van der Waals surface area contributed by atoms with Gasteiger partial charge < -0.3 is 14.2 Å². The molecule has 0 atom stereocenters. The monoisotopic (exact) mass is 380 g/mol. The van der Waals surface area contributed by atoms with E-state index in [0.29, 0.717) is 18.9 Å². The van der Waals surface area contributed by atoms with Crippen molar-refractivity contribution in [2.45, 2.75) is 32.5 Å². The molecule has 0 N–H and O–H groups in total. The first-order valence-corrected chi connectivity index (χ1v) is 10.2. The van der Waals surface area contributed by atoms with Crippen LogP contribution in [0.25, 0.3) is 0 Å². The van der Waals surface area contributed by atoms with Crippen LogP contribution in [-0.4, -0.2) is 23.1 Å². The van der Waals surface area contributed by atoms with Gasteiger partial charge in [0.25, 0.3) is 5.56 Å². The normalized spacial score (nSPS) is 14.1. The van der Waals surface area contributed by atoms with Crippen molar-refractivity contribution < 1.29 is 4.74 Å². The summed E-state index contributed by atoms with van der Waals surface area (Å²) >= 11 is 1.65. The van der Waals surface area contributed by atoms with E-state index in [9.17, 15) is 4.79 Å². The molecular formula is C22H24N2O2S. The Morgan fingerprint density at radius 3 is 2.89 bits per heavy atom. The van der Waals surface area contributed by atoms with Gasteiger partial charge in [-0.3, -0.25) is 4.79 Å². The van der Waals surface area contributed by atoms with E-state index in [0.717, 1.165) is 30.8 Å². The highest BCUT2D eigenvalue weighted by atomic mass is 32.1. The Hall–Kier alpha value is -2.37. The van der Waals surface area contributed by atoms with E-state index in [1.165, 1.54) is 16.7 Å². The van der Waals surface area contributed by atoms with Crippen LogP contribution >= 0.6 is 11.3 Å². The Balaban J connectivity index is 1.38. The number of rotatable bonds is 6. The zero-order valence-electron chi connectivity index (χ0n) is 15.6. The fourth-order valence-electron chi connectivity index (χ4n) is 3.47. The molecule has 0 fully saturated rings. The molecule has 0 saturated heterocycles. The van der Waals surface area contributed by atoms with Gasteiger partial charge in [0, 0.05) is 36.8 Å². The van der Waals surface area contributed by atoms with E-state index in [-0.39, 0.29) is 5.56 Å². The highest BCUT2D eigenvalue weighted by molar-refractivity contribution is 7.09. The second-order valence-electron chi connectivity index (χ2n) is 7.10. The predicted octanol–water partition coefficient (Wildman–Crippen LogP) is 3.72. The molecule has 1 aromatic carbocycles. The van der Waals surface area contributed by atoms with Crippen molar-refractivity contribution >= 4 is 11.3 Å². The molecular weight excluding hydrogens is 356 g/mol. The number of hydrogen-bond donors (Lipinski definition) is 0. The Morgan fingerprint density at radius 1 is 1.15 bits per heavy atom. The molecule has 5 heteroatoms. The number of aryl methyl sites for hydroxylation is 2. The standard InChI is InChI=1S/C22H24N2O2S/c1-23-9-7-18-5-4-17(13-19(18)15-23)6-10-24-11-8-20(14-22(24)25)26-16-21-3-2-12-27-21/h2-5,8,11-14H,6-7,9-10,15-16H2,1H3. The molecule has 2 aromatic heterocycles. The largest absolute Gasteiger partial charge is 0.488 e. The number of likely N-dealkylation sites (N-methyl/N-ethyl adjacent to an activating group) is 1. The number of pyridine rings is 1. The van der Waals surface area contributed by atoms with Crippen molar-refractivity contribution in [2.24, 2.45) is 0 Å². The van der Waals surface area contributed by atoms with E-state index in [1.807, 2.05) is 29.8 Å². The zero-order valence-corrected chi connectivity index (χ0v) is 16.4. The van der Waals surface area contributed by atoms with Gasteiger partial charge in [-0.15, -0.1) is 11.3 Å². The summed E-state index contributed by atoms with van der Waals surface area (Å²) in [5.41, 5.74) is 4.15. The molecule has 3 aromatic rings. The molecule has 0 radical (unpaired) electrons. The molecule has 0 aliphatic carbocycles.